The predicted octanol–water partition coefficient (Wildman–Crippen LogP) is -3.79. The van der Waals surface area contributed by atoms with Crippen molar-refractivity contribution in [2.45, 2.75) is 69.6 Å². The molecule has 0 aliphatic carbocycles. The van der Waals surface area contributed by atoms with E-state index in [0.717, 1.165) is 6.92 Å². The van der Waals surface area contributed by atoms with Crippen LogP contribution in [0, 0.1) is 0 Å². The van der Waals surface area contributed by atoms with Crippen LogP contribution in [0.25, 0.3) is 0 Å². The number of amides is 7. The Morgan fingerprint density at radius 3 is 1.85 bits per heavy atom. The lowest BCUT2D eigenvalue weighted by atomic mass is 10.0. The van der Waals surface area contributed by atoms with Crippen LogP contribution < -0.4 is 21.3 Å². The summed E-state index contributed by atoms with van der Waals surface area (Å²) in [6.45, 7) is -0.0962. The second-order valence-corrected chi connectivity index (χ2v) is 9.05. The van der Waals surface area contributed by atoms with Crippen LogP contribution in [0.15, 0.2) is 0 Å². The number of rotatable bonds is 19. The van der Waals surface area contributed by atoms with Crippen molar-refractivity contribution >= 4 is 42.4 Å². The van der Waals surface area contributed by atoms with E-state index >= 15 is 0 Å². The molecule has 1 aliphatic rings. The molecule has 1 rings (SSSR count). The topological polar surface area (TPSA) is 258 Å². The van der Waals surface area contributed by atoms with Crippen molar-refractivity contribution in [1.82, 2.24) is 36.5 Å². The van der Waals surface area contributed by atoms with Crippen molar-refractivity contribution in [2.24, 2.45) is 0 Å². The Labute approximate surface area is 229 Å². The van der Waals surface area contributed by atoms with Crippen LogP contribution in [0.3, 0.4) is 0 Å². The zero-order chi connectivity index (χ0) is 30.2. The number of nitrogens with one attached hydrogen (secondary N) is 4. The van der Waals surface area contributed by atoms with Crippen LogP contribution in [0.2, 0.25) is 0 Å². The molecule has 1 aliphatic heterocycles. The van der Waals surface area contributed by atoms with Gasteiger partial charge in [0.2, 0.25) is 42.4 Å². The van der Waals surface area contributed by atoms with Crippen molar-refractivity contribution in [1.29, 1.82) is 0 Å². The number of aliphatic hydroxyl groups is 1. The van der Waals surface area contributed by atoms with Gasteiger partial charge in [-0.3, -0.25) is 49.3 Å². The lowest BCUT2D eigenvalue weighted by molar-refractivity contribution is -0.162. The maximum Gasteiger partial charge on any atom is 0.249 e. The van der Waals surface area contributed by atoms with Gasteiger partial charge in [0.25, 0.3) is 0 Å². The smallest absolute Gasteiger partial charge is 0.249 e. The molecule has 4 unspecified atom stereocenters. The summed E-state index contributed by atoms with van der Waals surface area (Å²) in [5.41, 5.74) is 0. The molecule has 18 nitrogen and oxygen atoms in total. The van der Waals surface area contributed by atoms with E-state index in [-0.39, 0.29) is 71.0 Å². The van der Waals surface area contributed by atoms with Crippen LogP contribution in [-0.2, 0) is 33.6 Å². The molecule has 0 saturated carbocycles. The van der Waals surface area contributed by atoms with Gasteiger partial charge in [-0.2, -0.15) is 5.06 Å². The summed E-state index contributed by atoms with van der Waals surface area (Å²) in [5, 5.41) is 48.8. The Hall–Kier alpha value is -3.71. The molecular formula is C22H37N7O11. The van der Waals surface area contributed by atoms with Crippen molar-refractivity contribution in [3.63, 3.8) is 0 Å². The summed E-state index contributed by atoms with van der Waals surface area (Å²) in [7, 11) is 0. The average molecular weight is 576 g/mol. The number of nitrogens with zero attached hydrogens (tertiary/aromatic N) is 3. The first kappa shape index (κ1) is 34.3. The predicted molar refractivity (Wildman–Crippen MR) is 131 cm³/mol. The second-order valence-electron chi connectivity index (χ2n) is 9.05. The van der Waals surface area contributed by atoms with Gasteiger partial charge in [0.1, 0.15) is 24.2 Å². The largest absolute Gasteiger partial charge is 0.394 e. The molecule has 226 valence electrons. The fourth-order valence-electron chi connectivity index (χ4n) is 3.83. The lowest BCUT2D eigenvalue weighted by Crippen LogP contribution is -2.61. The summed E-state index contributed by atoms with van der Waals surface area (Å²) in [6, 6.07) is -4.52. The summed E-state index contributed by atoms with van der Waals surface area (Å²) >= 11 is 0. The molecule has 1 heterocycles. The lowest BCUT2D eigenvalue weighted by Gasteiger charge is -2.30. The highest BCUT2D eigenvalue weighted by Crippen LogP contribution is 2.10. The molecular weight excluding hydrogens is 538 g/mol. The van der Waals surface area contributed by atoms with E-state index in [1.807, 2.05) is 5.32 Å². The number of piperazine rings is 1. The molecule has 40 heavy (non-hydrogen) atoms. The van der Waals surface area contributed by atoms with E-state index < -0.39 is 60.3 Å². The summed E-state index contributed by atoms with van der Waals surface area (Å²) in [4.78, 5) is 81.9. The SMILES string of the molecule is CC(=O)NC(CCCN(O)C=O)C(=O)NC(=O)C(CO)N(O)CCCC1NC(=O)C(CCCN(O)C=O)NC1=O. The standard InChI is InChI=1S/C22H37N7O11/c1-14(33)23-15(5-2-8-27(38)12-31)21(36)26-22(37)18(11-30)29(40)10-4-7-17-20(35)24-16(19(34)25-17)6-3-9-28(39)13-32/h12-13,15-18,30,38-40H,2-11H2,1H3,(H,23,33)(H,24,35)(H,25,34)(H,26,36,37). The van der Waals surface area contributed by atoms with Gasteiger partial charge < -0.3 is 26.3 Å². The Bertz CT molecular complexity index is 906. The Morgan fingerprint density at radius 2 is 1.38 bits per heavy atom. The molecule has 0 radical (unpaired) electrons. The van der Waals surface area contributed by atoms with Crippen molar-refractivity contribution in [3.05, 3.63) is 0 Å². The molecule has 1 saturated heterocycles. The molecule has 0 bridgehead atoms. The number of aliphatic hydroxyl groups excluding tert-OH is 1. The molecule has 1 fully saturated rings. The Kier molecular flexibility index (Phi) is 15.3. The number of imide groups is 1. The Balaban J connectivity index is 2.56. The zero-order valence-corrected chi connectivity index (χ0v) is 22.0. The quantitative estimate of drug-likeness (QED) is 0.0419. The number of hydroxylamine groups is 6. The maximum absolute atomic E-state index is 12.5. The van der Waals surface area contributed by atoms with Gasteiger partial charge in [0.15, 0.2) is 0 Å². The van der Waals surface area contributed by atoms with E-state index in [2.05, 4.69) is 16.0 Å². The van der Waals surface area contributed by atoms with E-state index in [9.17, 15) is 43.9 Å². The van der Waals surface area contributed by atoms with Crippen molar-refractivity contribution < 1.29 is 54.3 Å². The molecule has 7 amide bonds. The molecule has 8 N–H and O–H groups in total. The van der Waals surface area contributed by atoms with E-state index in [1.54, 1.807) is 0 Å². The normalized spacial score (nSPS) is 18.1. The third-order valence-electron chi connectivity index (χ3n) is 5.93. The third-order valence-corrected chi connectivity index (χ3v) is 5.93. The first-order chi connectivity index (χ1) is 18.9. The van der Waals surface area contributed by atoms with Crippen LogP contribution in [0.1, 0.15) is 45.4 Å². The minimum absolute atomic E-state index is 0.0120. The third kappa shape index (κ3) is 12.0. The van der Waals surface area contributed by atoms with Gasteiger partial charge in [-0.25, -0.2) is 10.1 Å². The second kappa shape index (κ2) is 17.8. The van der Waals surface area contributed by atoms with Crippen LogP contribution in [0.4, 0.5) is 0 Å². The van der Waals surface area contributed by atoms with Gasteiger partial charge in [0.05, 0.1) is 6.61 Å². The van der Waals surface area contributed by atoms with E-state index in [0.29, 0.717) is 15.2 Å². The van der Waals surface area contributed by atoms with E-state index in [1.165, 1.54) is 0 Å². The summed E-state index contributed by atoms with van der Waals surface area (Å²) in [6.07, 6.45) is 1.06. The van der Waals surface area contributed by atoms with Crippen molar-refractivity contribution in [2.75, 3.05) is 26.2 Å². The molecule has 0 aromatic heterocycles. The monoisotopic (exact) mass is 575 g/mol. The highest BCUT2D eigenvalue weighted by Gasteiger charge is 2.34. The van der Waals surface area contributed by atoms with Gasteiger partial charge in [-0.05, 0) is 38.5 Å². The molecule has 0 aromatic rings. The summed E-state index contributed by atoms with van der Waals surface area (Å²) < 4.78 is 0. The molecule has 18 heteroatoms. The molecule has 4 atom stereocenters. The van der Waals surface area contributed by atoms with E-state index in [4.69, 9.17) is 10.4 Å². The van der Waals surface area contributed by atoms with Gasteiger partial charge >= 0.3 is 0 Å². The zero-order valence-electron chi connectivity index (χ0n) is 22.0. The van der Waals surface area contributed by atoms with Crippen molar-refractivity contribution in [3.8, 4) is 0 Å². The van der Waals surface area contributed by atoms with Crippen LogP contribution in [0.5, 0.6) is 0 Å². The van der Waals surface area contributed by atoms with Gasteiger partial charge in [-0.1, -0.05) is 0 Å². The first-order valence-electron chi connectivity index (χ1n) is 12.5. The fraction of sp³-hybridized carbons (Fsp3) is 0.682. The maximum atomic E-state index is 12.5. The number of carbonyl (C=O) groups excluding carboxylic acids is 7. The van der Waals surface area contributed by atoms with Crippen LogP contribution >= 0.6 is 0 Å². The average Bonchev–Trinajstić information content (AvgIpc) is 2.90. The van der Waals surface area contributed by atoms with Crippen LogP contribution in [-0.4, -0.2) is 129 Å². The highest BCUT2D eigenvalue weighted by molar-refractivity contribution is 6.01. The first-order valence-corrected chi connectivity index (χ1v) is 12.5. The molecule has 0 spiro atoms. The summed E-state index contributed by atoms with van der Waals surface area (Å²) in [5.74, 6) is -3.51. The number of carbonyl (C=O) groups is 7. The van der Waals surface area contributed by atoms with Gasteiger partial charge in [-0.15, -0.1) is 0 Å². The Morgan fingerprint density at radius 1 is 0.875 bits per heavy atom. The minimum atomic E-state index is -1.57. The number of hydrogen-bond donors (Lipinski definition) is 8. The highest BCUT2D eigenvalue weighted by atomic mass is 16.5. The molecule has 0 aromatic carbocycles. The van der Waals surface area contributed by atoms with Gasteiger partial charge in [0, 0.05) is 26.6 Å². The number of hydrogen-bond acceptors (Lipinski definition) is 12. The minimum Gasteiger partial charge on any atom is -0.394 e. The fourth-order valence-corrected chi connectivity index (χ4v) is 3.83.